The number of carboxylic acids is 1. The molecule has 1 aromatic heterocycles. The molecule has 1 aliphatic rings. The minimum absolute atomic E-state index is 0.0917. The van der Waals surface area contributed by atoms with E-state index in [1.54, 1.807) is 24.3 Å². The average Bonchev–Trinajstić information content (AvgIpc) is 3.31. The molecule has 1 amide bonds. The Hall–Kier alpha value is -2.18. The molecule has 138 valence electrons. The topological polar surface area (TPSA) is 77.8 Å². The summed E-state index contributed by atoms with van der Waals surface area (Å²) in [5.74, 6) is -0.843. The molecule has 2 atom stereocenters. The number of nitrogens with zero attached hydrogens (tertiary/aromatic N) is 1. The molecule has 3 rings (SSSR count). The summed E-state index contributed by atoms with van der Waals surface area (Å²) < 4.78 is 0. The van der Waals surface area contributed by atoms with Gasteiger partial charge in [0.25, 0.3) is 0 Å². The SMILES string of the molecule is O=C(O)c1ccc(CCC(=O)N2CCC[C@@H]2C[C@H](O)c2cccs2)cc1. The van der Waals surface area contributed by atoms with Crippen LogP contribution in [0.2, 0.25) is 0 Å². The minimum atomic E-state index is -0.947. The van der Waals surface area contributed by atoms with Crippen LogP contribution in [0.4, 0.5) is 0 Å². The summed E-state index contributed by atoms with van der Waals surface area (Å²) in [6.45, 7) is 0.749. The maximum Gasteiger partial charge on any atom is 0.335 e. The number of aryl methyl sites for hydroxylation is 1. The first-order chi connectivity index (χ1) is 12.5. The lowest BCUT2D eigenvalue weighted by atomic mass is 10.0. The predicted octanol–water partition coefficient (Wildman–Crippen LogP) is 3.49. The van der Waals surface area contributed by atoms with Crippen LogP contribution in [0.5, 0.6) is 0 Å². The van der Waals surface area contributed by atoms with Crippen molar-refractivity contribution >= 4 is 23.2 Å². The second-order valence-corrected chi connectivity index (χ2v) is 7.63. The molecule has 1 aliphatic heterocycles. The van der Waals surface area contributed by atoms with Gasteiger partial charge in [-0.25, -0.2) is 4.79 Å². The first kappa shape index (κ1) is 18.6. The number of benzene rings is 1. The third-order valence-corrected chi connectivity index (χ3v) is 5.87. The summed E-state index contributed by atoms with van der Waals surface area (Å²) in [7, 11) is 0. The zero-order chi connectivity index (χ0) is 18.5. The first-order valence-corrected chi connectivity index (χ1v) is 9.75. The van der Waals surface area contributed by atoms with Gasteiger partial charge in [0.1, 0.15) is 0 Å². The Morgan fingerprint density at radius 3 is 2.65 bits per heavy atom. The highest BCUT2D eigenvalue weighted by Gasteiger charge is 2.30. The number of aliphatic hydroxyl groups excluding tert-OH is 1. The van der Waals surface area contributed by atoms with Gasteiger partial charge in [-0.3, -0.25) is 4.79 Å². The van der Waals surface area contributed by atoms with Gasteiger partial charge in [0, 0.05) is 23.9 Å². The standard InChI is InChI=1S/C20H23NO4S/c22-17(18-4-2-12-26-18)13-16-3-1-11-21(16)19(23)10-7-14-5-8-15(9-6-14)20(24)25/h2,4-6,8-9,12,16-17,22H,1,3,7,10-11,13H2,(H,24,25)/t16-,17+/m1/s1. The van der Waals surface area contributed by atoms with Gasteiger partial charge in [0.2, 0.25) is 5.91 Å². The highest BCUT2D eigenvalue weighted by atomic mass is 32.1. The van der Waals surface area contributed by atoms with Crippen LogP contribution >= 0.6 is 11.3 Å². The predicted molar refractivity (Wildman–Crippen MR) is 100 cm³/mol. The fraction of sp³-hybridized carbons (Fsp3) is 0.400. The fourth-order valence-corrected chi connectivity index (χ4v) is 4.20. The molecular formula is C20H23NO4S. The lowest BCUT2D eigenvalue weighted by Gasteiger charge is -2.26. The Morgan fingerprint density at radius 2 is 2.00 bits per heavy atom. The van der Waals surface area contributed by atoms with Crippen molar-refractivity contribution in [1.82, 2.24) is 4.90 Å². The first-order valence-electron chi connectivity index (χ1n) is 8.88. The van der Waals surface area contributed by atoms with Crippen molar-refractivity contribution in [3.63, 3.8) is 0 Å². The Kier molecular flexibility index (Phi) is 6.06. The number of likely N-dealkylation sites (tertiary alicyclic amines) is 1. The molecule has 0 bridgehead atoms. The van der Waals surface area contributed by atoms with E-state index in [9.17, 15) is 14.7 Å². The van der Waals surface area contributed by atoms with E-state index < -0.39 is 12.1 Å². The largest absolute Gasteiger partial charge is 0.478 e. The van der Waals surface area contributed by atoms with Crippen LogP contribution in [0.1, 0.15) is 52.6 Å². The van der Waals surface area contributed by atoms with E-state index in [4.69, 9.17) is 5.11 Å². The van der Waals surface area contributed by atoms with E-state index in [1.165, 1.54) is 11.3 Å². The Morgan fingerprint density at radius 1 is 1.23 bits per heavy atom. The van der Waals surface area contributed by atoms with Gasteiger partial charge in [-0.05, 0) is 54.8 Å². The molecule has 2 N–H and O–H groups in total. The van der Waals surface area contributed by atoms with Crippen molar-refractivity contribution in [3.8, 4) is 0 Å². The number of hydrogen-bond donors (Lipinski definition) is 2. The molecule has 5 nitrogen and oxygen atoms in total. The van der Waals surface area contributed by atoms with E-state index >= 15 is 0 Å². The van der Waals surface area contributed by atoms with Crippen molar-refractivity contribution in [2.45, 2.75) is 44.2 Å². The molecule has 26 heavy (non-hydrogen) atoms. The highest BCUT2D eigenvalue weighted by molar-refractivity contribution is 7.10. The monoisotopic (exact) mass is 373 g/mol. The van der Waals surface area contributed by atoms with Crippen LogP contribution in [0, 0.1) is 0 Å². The summed E-state index contributed by atoms with van der Waals surface area (Å²) >= 11 is 1.54. The maximum atomic E-state index is 12.6. The van der Waals surface area contributed by atoms with Crippen LogP contribution in [0.3, 0.4) is 0 Å². The smallest absolute Gasteiger partial charge is 0.335 e. The molecule has 2 heterocycles. The van der Waals surface area contributed by atoms with Crippen molar-refractivity contribution in [3.05, 3.63) is 57.8 Å². The number of carboxylic acid groups (broad SMARTS) is 1. The van der Waals surface area contributed by atoms with Gasteiger partial charge in [0.15, 0.2) is 0 Å². The van der Waals surface area contributed by atoms with Crippen LogP contribution in [0.25, 0.3) is 0 Å². The van der Waals surface area contributed by atoms with Gasteiger partial charge >= 0.3 is 5.97 Å². The molecule has 0 aliphatic carbocycles. The number of aliphatic hydroxyl groups is 1. The molecule has 0 spiro atoms. The van der Waals surface area contributed by atoms with E-state index in [0.29, 0.717) is 19.3 Å². The van der Waals surface area contributed by atoms with Crippen molar-refractivity contribution in [2.75, 3.05) is 6.54 Å². The molecule has 0 radical (unpaired) electrons. The summed E-state index contributed by atoms with van der Waals surface area (Å²) in [4.78, 5) is 26.4. The van der Waals surface area contributed by atoms with Gasteiger partial charge in [-0.15, -0.1) is 11.3 Å². The van der Waals surface area contributed by atoms with Crippen molar-refractivity contribution in [2.24, 2.45) is 0 Å². The molecule has 1 fully saturated rings. The molecule has 6 heteroatoms. The third-order valence-electron chi connectivity index (χ3n) is 4.89. The summed E-state index contributed by atoms with van der Waals surface area (Å²) in [5.41, 5.74) is 1.21. The van der Waals surface area contributed by atoms with Gasteiger partial charge in [-0.1, -0.05) is 18.2 Å². The summed E-state index contributed by atoms with van der Waals surface area (Å²) in [6, 6.07) is 10.6. The van der Waals surface area contributed by atoms with Crippen molar-refractivity contribution < 1.29 is 19.8 Å². The molecule has 0 saturated carbocycles. The maximum absolute atomic E-state index is 12.6. The molecular weight excluding hydrogens is 350 g/mol. The number of amides is 1. The van der Waals surface area contributed by atoms with Gasteiger partial charge in [0.05, 0.1) is 11.7 Å². The molecule has 0 unspecified atom stereocenters. The van der Waals surface area contributed by atoms with Crippen LogP contribution < -0.4 is 0 Å². The van der Waals surface area contributed by atoms with Gasteiger partial charge in [-0.2, -0.15) is 0 Å². The zero-order valence-electron chi connectivity index (χ0n) is 14.5. The zero-order valence-corrected chi connectivity index (χ0v) is 15.3. The normalized spacial score (nSPS) is 18.0. The summed E-state index contributed by atoms with van der Waals surface area (Å²) in [6.07, 6.45) is 2.96. The lowest BCUT2D eigenvalue weighted by molar-refractivity contribution is -0.132. The van der Waals surface area contributed by atoms with Crippen LogP contribution in [0.15, 0.2) is 41.8 Å². The average molecular weight is 373 g/mol. The van der Waals surface area contributed by atoms with Gasteiger partial charge < -0.3 is 15.1 Å². The lowest BCUT2D eigenvalue weighted by Crippen LogP contribution is -2.36. The van der Waals surface area contributed by atoms with E-state index in [-0.39, 0.29) is 17.5 Å². The second kappa shape index (κ2) is 8.47. The van der Waals surface area contributed by atoms with Crippen LogP contribution in [-0.2, 0) is 11.2 Å². The number of thiophene rings is 1. The highest BCUT2D eigenvalue weighted by Crippen LogP contribution is 2.30. The van der Waals surface area contributed by atoms with E-state index in [2.05, 4.69) is 0 Å². The fourth-order valence-electron chi connectivity index (χ4n) is 3.47. The van der Waals surface area contributed by atoms with E-state index in [1.807, 2.05) is 22.4 Å². The number of carbonyl (C=O) groups is 2. The summed E-state index contributed by atoms with van der Waals surface area (Å²) in [5, 5.41) is 21.2. The molecule has 1 saturated heterocycles. The molecule has 2 aromatic rings. The minimum Gasteiger partial charge on any atom is -0.478 e. The Labute approximate surface area is 156 Å². The molecule has 1 aromatic carbocycles. The van der Waals surface area contributed by atoms with E-state index in [0.717, 1.165) is 29.8 Å². The number of rotatable bonds is 7. The number of aromatic carboxylic acids is 1. The van der Waals surface area contributed by atoms with Crippen molar-refractivity contribution in [1.29, 1.82) is 0 Å². The number of hydrogen-bond acceptors (Lipinski definition) is 4. The third kappa shape index (κ3) is 4.51. The quantitative estimate of drug-likeness (QED) is 0.779. The second-order valence-electron chi connectivity index (χ2n) is 6.65. The van der Waals surface area contributed by atoms with Crippen LogP contribution in [-0.4, -0.2) is 39.6 Å². The Bertz CT molecular complexity index is 742. The number of carbonyl (C=O) groups excluding carboxylic acids is 1. The Balaban J connectivity index is 1.53.